The van der Waals surface area contributed by atoms with E-state index in [1.54, 1.807) is 30.3 Å². The van der Waals surface area contributed by atoms with Crippen molar-refractivity contribution in [1.82, 2.24) is 10.9 Å². The molecule has 10 nitrogen and oxygen atoms in total. The number of azide groups is 1. The van der Waals surface area contributed by atoms with Crippen LogP contribution in [0.25, 0.3) is 21.6 Å². The van der Waals surface area contributed by atoms with Crippen molar-refractivity contribution in [3.63, 3.8) is 0 Å². The number of carbonyl (C=O) groups excluding carboxylic acids is 1. The van der Waals surface area contributed by atoms with Gasteiger partial charge in [0, 0.05) is 41.2 Å². The summed E-state index contributed by atoms with van der Waals surface area (Å²) >= 11 is 0. The second kappa shape index (κ2) is 14.0. The Morgan fingerprint density at radius 1 is 0.857 bits per heavy atom. The Morgan fingerprint density at radius 2 is 1.49 bits per heavy atom. The fourth-order valence-corrected chi connectivity index (χ4v) is 6.57. The van der Waals surface area contributed by atoms with Crippen LogP contribution in [0.1, 0.15) is 46.4 Å². The van der Waals surface area contributed by atoms with Crippen molar-refractivity contribution in [2.75, 3.05) is 13.2 Å². The van der Waals surface area contributed by atoms with E-state index < -0.39 is 17.6 Å². The van der Waals surface area contributed by atoms with Crippen molar-refractivity contribution in [2.24, 2.45) is 10.1 Å². The highest BCUT2D eigenvalue weighted by molar-refractivity contribution is 6.01. The molecule has 0 radical (unpaired) electrons. The van der Waals surface area contributed by atoms with Crippen molar-refractivity contribution in [3.05, 3.63) is 166 Å². The SMILES string of the molecule is [N-]=[N+]=Nc1ccccc1[C@@H]1OC(c2ccc(OCCCO)cc2)=N[C@]1(Cc1ccccc1)C(=O)NNC1c2ccccc2-c2ccccc21. The van der Waals surface area contributed by atoms with Crippen LogP contribution in [0.4, 0.5) is 5.69 Å². The Bertz CT molecular complexity index is 2000. The summed E-state index contributed by atoms with van der Waals surface area (Å²) in [6, 6.07) is 40.0. The average molecular weight is 651 g/mol. The maximum atomic E-state index is 14.9. The second-order valence-corrected chi connectivity index (χ2v) is 11.9. The maximum absolute atomic E-state index is 14.9. The Hall–Kier alpha value is -5.93. The zero-order valence-corrected chi connectivity index (χ0v) is 26.6. The van der Waals surface area contributed by atoms with Crippen LogP contribution in [0.2, 0.25) is 0 Å². The van der Waals surface area contributed by atoms with Crippen LogP contribution in [-0.2, 0) is 16.0 Å². The van der Waals surface area contributed by atoms with E-state index in [0.29, 0.717) is 35.6 Å². The Kier molecular flexibility index (Phi) is 9.08. The van der Waals surface area contributed by atoms with Gasteiger partial charge in [0.2, 0.25) is 5.90 Å². The number of aliphatic hydroxyl groups excluding tert-OH is 1. The molecule has 0 unspecified atom stereocenters. The fourth-order valence-electron chi connectivity index (χ4n) is 6.57. The Morgan fingerprint density at radius 3 is 2.16 bits per heavy atom. The maximum Gasteiger partial charge on any atom is 0.266 e. The van der Waals surface area contributed by atoms with E-state index in [0.717, 1.165) is 27.8 Å². The van der Waals surface area contributed by atoms with Crippen LogP contribution in [0, 0.1) is 0 Å². The standard InChI is InChI=1S/C39H34N6O4/c40-45-42-34-18-9-8-17-33(34)36-39(25-26-11-2-1-3-12-26,41-37(49-36)27-19-21-28(22-20-27)48-24-10-23-46)38(47)44-43-35-31-15-6-4-13-29(31)30-14-5-7-16-32(30)35/h1-9,11-22,35-36,43,46H,10,23-25H2,(H,44,47)/t36-,39-/m0/s1. The molecule has 2 atom stereocenters. The predicted octanol–water partition coefficient (Wildman–Crippen LogP) is 7.28. The Balaban J connectivity index is 1.30. The minimum absolute atomic E-state index is 0.0433. The van der Waals surface area contributed by atoms with Gasteiger partial charge in [-0.25, -0.2) is 10.4 Å². The lowest BCUT2D eigenvalue weighted by molar-refractivity contribution is -0.130. The van der Waals surface area contributed by atoms with E-state index in [2.05, 4.69) is 45.1 Å². The van der Waals surface area contributed by atoms with E-state index in [1.165, 1.54) is 0 Å². The number of aliphatic hydroxyl groups is 1. The number of rotatable bonds is 12. The van der Waals surface area contributed by atoms with Gasteiger partial charge in [-0.3, -0.25) is 10.2 Å². The number of amides is 1. The van der Waals surface area contributed by atoms with Gasteiger partial charge in [0.15, 0.2) is 11.6 Å². The van der Waals surface area contributed by atoms with Crippen molar-refractivity contribution < 1.29 is 19.4 Å². The molecule has 7 rings (SSSR count). The quantitative estimate of drug-likeness (QED) is 0.0428. The topological polar surface area (TPSA) is 141 Å². The normalized spacial score (nSPS) is 17.7. The van der Waals surface area contributed by atoms with E-state index in [4.69, 9.17) is 19.6 Å². The van der Waals surface area contributed by atoms with Crippen LogP contribution in [-0.4, -0.2) is 35.7 Å². The van der Waals surface area contributed by atoms with Gasteiger partial charge in [-0.15, -0.1) is 0 Å². The molecule has 49 heavy (non-hydrogen) atoms. The number of aliphatic imine (C=N–C) groups is 1. The summed E-state index contributed by atoms with van der Waals surface area (Å²) in [6.45, 7) is 0.427. The number of carbonyl (C=O) groups is 1. The summed E-state index contributed by atoms with van der Waals surface area (Å²) < 4.78 is 12.4. The zero-order chi connectivity index (χ0) is 33.6. The average Bonchev–Trinajstić information content (AvgIpc) is 3.68. The molecule has 0 spiro atoms. The lowest BCUT2D eigenvalue weighted by Crippen LogP contribution is -2.54. The van der Waals surface area contributed by atoms with Gasteiger partial charge in [0.05, 0.1) is 12.6 Å². The molecule has 5 aromatic carbocycles. The molecule has 0 saturated carbocycles. The summed E-state index contributed by atoms with van der Waals surface area (Å²) in [7, 11) is 0. The highest BCUT2D eigenvalue weighted by atomic mass is 16.5. The fraction of sp³-hybridized carbons (Fsp3) is 0.179. The molecule has 1 aliphatic carbocycles. The number of nitrogens with one attached hydrogen (secondary N) is 2. The summed E-state index contributed by atoms with van der Waals surface area (Å²) in [5.74, 6) is 0.499. The molecule has 0 bridgehead atoms. The van der Waals surface area contributed by atoms with Crippen molar-refractivity contribution >= 4 is 17.5 Å². The number of ether oxygens (including phenoxy) is 2. The Labute approximate surface area is 283 Å². The number of hydrogen-bond donors (Lipinski definition) is 3. The number of hydrogen-bond acceptors (Lipinski definition) is 7. The molecule has 1 amide bonds. The summed E-state index contributed by atoms with van der Waals surface area (Å²) in [5.41, 5.74) is 21.0. The summed E-state index contributed by atoms with van der Waals surface area (Å²) in [4.78, 5) is 23.0. The molecule has 10 heteroatoms. The molecule has 3 N–H and O–H groups in total. The number of fused-ring (bicyclic) bond motifs is 3. The van der Waals surface area contributed by atoms with Gasteiger partial charge in [-0.05, 0) is 57.6 Å². The third kappa shape index (κ3) is 6.24. The lowest BCUT2D eigenvalue weighted by Gasteiger charge is -2.32. The van der Waals surface area contributed by atoms with Crippen molar-refractivity contribution in [2.45, 2.75) is 30.5 Å². The van der Waals surface area contributed by atoms with Gasteiger partial charge in [-0.2, -0.15) is 0 Å². The molecular formula is C39H34N6O4. The summed E-state index contributed by atoms with van der Waals surface area (Å²) in [5, 5.41) is 13.1. The molecule has 5 aromatic rings. The molecule has 1 aliphatic heterocycles. The van der Waals surface area contributed by atoms with Gasteiger partial charge in [0.1, 0.15) is 5.75 Å². The molecule has 0 aromatic heterocycles. The summed E-state index contributed by atoms with van der Waals surface area (Å²) in [6.07, 6.45) is -0.234. The smallest absolute Gasteiger partial charge is 0.266 e. The van der Waals surface area contributed by atoms with E-state index in [-0.39, 0.29) is 25.0 Å². The highest BCUT2D eigenvalue weighted by Crippen LogP contribution is 2.46. The molecule has 1 heterocycles. The van der Waals surface area contributed by atoms with E-state index in [9.17, 15) is 10.3 Å². The number of hydrazine groups is 1. The third-order valence-corrected chi connectivity index (χ3v) is 8.88. The van der Waals surface area contributed by atoms with Crippen LogP contribution in [0.15, 0.2) is 138 Å². The molecular weight excluding hydrogens is 616 g/mol. The van der Waals surface area contributed by atoms with Gasteiger partial charge >= 0.3 is 0 Å². The first-order valence-corrected chi connectivity index (χ1v) is 16.1. The first-order chi connectivity index (χ1) is 24.1. The second-order valence-electron chi connectivity index (χ2n) is 11.9. The first kappa shape index (κ1) is 31.7. The molecule has 0 saturated heterocycles. The van der Waals surface area contributed by atoms with Crippen molar-refractivity contribution in [3.8, 4) is 16.9 Å². The van der Waals surface area contributed by atoms with Crippen LogP contribution in [0.5, 0.6) is 5.75 Å². The van der Waals surface area contributed by atoms with Crippen LogP contribution in [0.3, 0.4) is 0 Å². The number of nitrogens with zero attached hydrogens (tertiary/aromatic N) is 4. The highest BCUT2D eigenvalue weighted by Gasteiger charge is 2.54. The first-order valence-electron chi connectivity index (χ1n) is 16.1. The van der Waals surface area contributed by atoms with Gasteiger partial charge < -0.3 is 14.6 Å². The monoisotopic (exact) mass is 650 g/mol. The minimum atomic E-state index is -1.52. The van der Waals surface area contributed by atoms with Gasteiger partial charge in [-0.1, -0.05) is 108 Å². The van der Waals surface area contributed by atoms with E-state index in [1.807, 2.05) is 72.8 Å². The minimum Gasteiger partial charge on any atom is -0.494 e. The lowest BCUT2D eigenvalue weighted by atomic mass is 9.81. The molecule has 244 valence electrons. The molecule has 2 aliphatic rings. The largest absolute Gasteiger partial charge is 0.494 e. The van der Waals surface area contributed by atoms with Crippen LogP contribution < -0.4 is 15.6 Å². The molecule has 0 fully saturated rings. The number of benzene rings is 5. The zero-order valence-electron chi connectivity index (χ0n) is 26.6. The third-order valence-electron chi connectivity index (χ3n) is 8.88. The van der Waals surface area contributed by atoms with E-state index >= 15 is 0 Å². The van der Waals surface area contributed by atoms with Crippen LogP contribution >= 0.6 is 0 Å². The van der Waals surface area contributed by atoms with Gasteiger partial charge in [0.25, 0.3) is 5.91 Å². The van der Waals surface area contributed by atoms with Crippen molar-refractivity contribution in [1.29, 1.82) is 0 Å². The predicted molar refractivity (Wildman–Crippen MR) is 187 cm³/mol.